The Labute approximate surface area is 132 Å². The molecule has 0 aliphatic rings. The Balaban J connectivity index is 1.64. The molecule has 0 unspecified atom stereocenters. The van der Waals surface area contributed by atoms with Crippen LogP contribution in [0.5, 0.6) is 0 Å². The highest BCUT2D eigenvalue weighted by Crippen LogP contribution is 2.24. The average Bonchev–Trinajstić information content (AvgIpc) is 3.15. The molecule has 0 aromatic carbocycles. The van der Waals surface area contributed by atoms with Crippen molar-refractivity contribution in [1.82, 2.24) is 9.97 Å². The molecule has 0 radical (unpaired) electrons. The SMILES string of the molecule is O=C(OCc1csc(-c2ccco2)n1)c1cncc(Br)c1. The number of thiazole rings is 1. The third kappa shape index (κ3) is 3.37. The fourth-order valence-corrected chi connectivity index (χ4v) is 2.77. The number of halogens is 1. The van der Waals surface area contributed by atoms with Gasteiger partial charge in [-0.05, 0) is 34.1 Å². The van der Waals surface area contributed by atoms with Gasteiger partial charge in [-0.3, -0.25) is 4.98 Å². The molecule has 7 heteroatoms. The lowest BCUT2D eigenvalue weighted by Gasteiger charge is -2.02. The monoisotopic (exact) mass is 364 g/mol. The van der Waals surface area contributed by atoms with Gasteiger partial charge in [0, 0.05) is 22.2 Å². The van der Waals surface area contributed by atoms with Crippen molar-refractivity contribution in [2.75, 3.05) is 0 Å². The number of hydrogen-bond acceptors (Lipinski definition) is 6. The minimum atomic E-state index is -0.434. The molecular formula is C14H9BrN2O3S. The van der Waals surface area contributed by atoms with Gasteiger partial charge in [-0.1, -0.05) is 0 Å². The molecule has 0 aliphatic carbocycles. The highest BCUT2D eigenvalue weighted by Gasteiger charge is 2.11. The molecule has 106 valence electrons. The third-order valence-electron chi connectivity index (χ3n) is 2.58. The first-order chi connectivity index (χ1) is 10.2. The van der Waals surface area contributed by atoms with Crippen molar-refractivity contribution < 1.29 is 13.9 Å². The van der Waals surface area contributed by atoms with Gasteiger partial charge in [-0.2, -0.15) is 0 Å². The second-order valence-corrected chi connectivity index (χ2v) is 5.86. The van der Waals surface area contributed by atoms with Crippen LogP contribution in [0.15, 0.2) is 51.1 Å². The Morgan fingerprint density at radius 3 is 3.10 bits per heavy atom. The van der Waals surface area contributed by atoms with E-state index in [2.05, 4.69) is 25.9 Å². The molecule has 0 bridgehead atoms. The van der Waals surface area contributed by atoms with E-state index in [1.54, 1.807) is 24.6 Å². The van der Waals surface area contributed by atoms with Crippen LogP contribution < -0.4 is 0 Å². The van der Waals surface area contributed by atoms with E-state index >= 15 is 0 Å². The van der Waals surface area contributed by atoms with Crippen molar-refractivity contribution >= 4 is 33.2 Å². The van der Waals surface area contributed by atoms with Crippen LogP contribution in [0.3, 0.4) is 0 Å². The summed E-state index contributed by atoms with van der Waals surface area (Å²) in [7, 11) is 0. The van der Waals surface area contributed by atoms with Gasteiger partial charge in [-0.25, -0.2) is 9.78 Å². The lowest BCUT2D eigenvalue weighted by atomic mass is 10.3. The van der Waals surface area contributed by atoms with Crippen LogP contribution in [0.25, 0.3) is 10.8 Å². The van der Waals surface area contributed by atoms with Crippen LogP contribution in [0.1, 0.15) is 16.1 Å². The molecule has 0 fully saturated rings. The molecule has 0 N–H and O–H groups in total. The molecule has 3 aromatic rings. The Morgan fingerprint density at radius 1 is 1.43 bits per heavy atom. The number of hydrogen-bond donors (Lipinski definition) is 0. The maximum atomic E-state index is 11.9. The number of pyridine rings is 1. The first-order valence-corrected chi connectivity index (χ1v) is 7.65. The van der Waals surface area contributed by atoms with Gasteiger partial charge in [0.1, 0.15) is 6.61 Å². The van der Waals surface area contributed by atoms with Crippen molar-refractivity contribution in [2.45, 2.75) is 6.61 Å². The first-order valence-electron chi connectivity index (χ1n) is 5.98. The van der Waals surface area contributed by atoms with Crippen molar-refractivity contribution in [2.24, 2.45) is 0 Å². The van der Waals surface area contributed by atoms with Gasteiger partial charge in [0.05, 0.1) is 17.5 Å². The number of ether oxygens (including phenoxy) is 1. The minimum Gasteiger partial charge on any atom is -0.462 e. The molecule has 0 aliphatic heterocycles. The lowest BCUT2D eigenvalue weighted by molar-refractivity contribution is 0.0468. The van der Waals surface area contributed by atoms with Crippen LogP contribution in [0.4, 0.5) is 0 Å². The number of furan rings is 1. The summed E-state index contributed by atoms with van der Waals surface area (Å²) in [6.45, 7) is 0.114. The van der Waals surface area contributed by atoms with Crippen molar-refractivity contribution in [3.63, 3.8) is 0 Å². The van der Waals surface area contributed by atoms with Crippen molar-refractivity contribution in [3.05, 3.63) is 58.0 Å². The predicted octanol–water partition coefficient (Wildman–Crippen LogP) is 3.92. The molecule has 3 heterocycles. The minimum absolute atomic E-state index is 0.114. The van der Waals surface area contributed by atoms with Gasteiger partial charge in [0.15, 0.2) is 10.8 Å². The van der Waals surface area contributed by atoms with E-state index in [1.165, 1.54) is 17.5 Å². The van der Waals surface area contributed by atoms with Gasteiger partial charge in [-0.15, -0.1) is 11.3 Å². The van der Waals surface area contributed by atoms with E-state index in [1.807, 2.05) is 11.4 Å². The van der Waals surface area contributed by atoms with Crippen molar-refractivity contribution in [1.29, 1.82) is 0 Å². The summed E-state index contributed by atoms with van der Waals surface area (Å²) in [5, 5.41) is 2.60. The zero-order valence-electron chi connectivity index (χ0n) is 10.7. The highest BCUT2D eigenvalue weighted by atomic mass is 79.9. The fourth-order valence-electron chi connectivity index (χ4n) is 1.63. The topological polar surface area (TPSA) is 65.2 Å². The zero-order valence-corrected chi connectivity index (χ0v) is 13.1. The quantitative estimate of drug-likeness (QED) is 0.656. The van der Waals surface area contributed by atoms with Crippen molar-refractivity contribution in [3.8, 4) is 10.8 Å². The van der Waals surface area contributed by atoms with Crippen LogP contribution in [0, 0.1) is 0 Å². The van der Waals surface area contributed by atoms with Gasteiger partial charge in [0.2, 0.25) is 0 Å². The molecule has 0 saturated heterocycles. The van der Waals surface area contributed by atoms with Gasteiger partial charge in [0.25, 0.3) is 0 Å². The summed E-state index contributed by atoms with van der Waals surface area (Å²) in [6, 6.07) is 5.29. The molecule has 21 heavy (non-hydrogen) atoms. The smallest absolute Gasteiger partial charge is 0.340 e. The van der Waals surface area contributed by atoms with E-state index in [0.29, 0.717) is 17.0 Å². The summed E-state index contributed by atoms with van der Waals surface area (Å²) < 4.78 is 11.2. The largest absolute Gasteiger partial charge is 0.462 e. The van der Waals surface area contributed by atoms with Crippen LogP contribution in [-0.4, -0.2) is 15.9 Å². The Kier molecular flexibility index (Phi) is 4.12. The second kappa shape index (κ2) is 6.19. The summed E-state index contributed by atoms with van der Waals surface area (Å²) in [5.74, 6) is 0.269. The zero-order chi connectivity index (χ0) is 14.7. The van der Waals surface area contributed by atoms with E-state index < -0.39 is 5.97 Å². The van der Waals surface area contributed by atoms with Gasteiger partial charge >= 0.3 is 5.97 Å². The second-order valence-electron chi connectivity index (χ2n) is 4.09. The number of rotatable bonds is 4. The number of aromatic nitrogens is 2. The average molecular weight is 365 g/mol. The third-order valence-corrected chi connectivity index (χ3v) is 3.91. The number of carbonyl (C=O) groups excluding carboxylic acids is 1. The standard InChI is InChI=1S/C14H9BrN2O3S/c15-10-4-9(5-16-6-10)14(18)20-7-11-8-21-13(17-11)12-2-1-3-19-12/h1-6,8H,7H2. The fraction of sp³-hybridized carbons (Fsp3) is 0.0714. The normalized spacial score (nSPS) is 10.5. The van der Waals surface area contributed by atoms with Crippen LogP contribution >= 0.6 is 27.3 Å². The number of esters is 1. The predicted molar refractivity (Wildman–Crippen MR) is 80.9 cm³/mol. The summed E-state index contributed by atoms with van der Waals surface area (Å²) in [6.07, 6.45) is 4.66. The van der Waals surface area contributed by atoms with E-state index in [9.17, 15) is 4.79 Å². The van der Waals surface area contributed by atoms with E-state index in [0.717, 1.165) is 9.48 Å². The highest BCUT2D eigenvalue weighted by molar-refractivity contribution is 9.10. The maximum absolute atomic E-state index is 11.9. The first kappa shape index (κ1) is 14.0. The molecule has 0 atom stereocenters. The molecule has 3 rings (SSSR count). The van der Waals surface area contributed by atoms with Gasteiger partial charge < -0.3 is 9.15 Å². The summed E-state index contributed by atoms with van der Waals surface area (Å²) in [4.78, 5) is 20.2. The molecule has 5 nitrogen and oxygen atoms in total. The van der Waals surface area contributed by atoms with Crippen LogP contribution in [-0.2, 0) is 11.3 Å². The Morgan fingerprint density at radius 2 is 2.33 bits per heavy atom. The summed E-state index contributed by atoms with van der Waals surface area (Å²) >= 11 is 4.70. The molecule has 0 saturated carbocycles. The molecule has 0 spiro atoms. The number of nitrogens with zero attached hydrogens (tertiary/aromatic N) is 2. The molecule has 0 amide bonds. The molecule has 3 aromatic heterocycles. The Bertz CT molecular complexity index is 755. The number of carbonyl (C=O) groups is 1. The Hall–Kier alpha value is -1.99. The summed E-state index contributed by atoms with van der Waals surface area (Å²) in [5.41, 5.74) is 1.08. The van der Waals surface area contributed by atoms with Crippen LogP contribution in [0.2, 0.25) is 0 Å². The lowest BCUT2D eigenvalue weighted by Crippen LogP contribution is -2.05. The molecular weight excluding hydrogens is 356 g/mol. The van der Waals surface area contributed by atoms with E-state index in [4.69, 9.17) is 9.15 Å². The maximum Gasteiger partial charge on any atom is 0.340 e. The van der Waals surface area contributed by atoms with E-state index in [-0.39, 0.29) is 6.61 Å².